The molecule has 0 bridgehead atoms. The minimum absolute atomic E-state index is 0.0110. The van der Waals surface area contributed by atoms with Crippen LogP contribution in [0.5, 0.6) is 0 Å². The van der Waals surface area contributed by atoms with Gasteiger partial charge in [-0.25, -0.2) is 0 Å². The normalized spacial score (nSPS) is 10.8. The zero-order valence-electron chi connectivity index (χ0n) is 11.3. The number of ether oxygens (including phenoxy) is 1. The minimum Gasteiger partial charge on any atom is -0.462 e. The SMILES string of the molecule is CCCCC(CCCC)OC(=O)CCCCBr. The number of hydrogen-bond acceptors (Lipinski definition) is 2. The molecule has 0 aromatic carbocycles. The third kappa shape index (κ3) is 10.8. The number of carbonyl (C=O) groups is 1. The van der Waals surface area contributed by atoms with Gasteiger partial charge >= 0.3 is 5.97 Å². The number of halogens is 1. The number of esters is 1. The van der Waals surface area contributed by atoms with Crippen molar-refractivity contribution in [1.29, 1.82) is 0 Å². The van der Waals surface area contributed by atoms with Crippen LogP contribution in [0.2, 0.25) is 0 Å². The monoisotopic (exact) mass is 306 g/mol. The Bertz CT molecular complexity index is 175. The van der Waals surface area contributed by atoms with Crippen molar-refractivity contribution in [3.8, 4) is 0 Å². The molecule has 0 saturated heterocycles. The highest BCUT2D eigenvalue weighted by Crippen LogP contribution is 2.14. The lowest BCUT2D eigenvalue weighted by molar-refractivity contribution is -0.150. The molecule has 0 saturated carbocycles. The van der Waals surface area contributed by atoms with E-state index >= 15 is 0 Å². The number of carbonyl (C=O) groups excluding carboxylic acids is 1. The van der Waals surface area contributed by atoms with E-state index in [9.17, 15) is 4.79 Å². The average molecular weight is 307 g/mol. The number of alkyl halides is 1. The molecule has 0 spiro atoms. The molecule has 0 aliphatic carbocycles. The Hall–Kier alpha value is -0.0500. The van der Waals surface area contributed by atoms with E-state index in [0.29, 0.717) is 6.42 Å². The largest absolute Gasteiger partial charge is 0.462 e. The number of rotatable bonds is 11. The van der Waals surface area contributed by atoms with Crippen LogP contribution < -0.4 is 0 Å². The third-order valence-corrected chi connectivity index (χ3v) is 3.38. The Labute approximate surface area is 115 Å². The summed E-state index contributed by atoms with van der Waals surface area (Å²) in [5.41, 5.74) is 0. The molecule has 0 rings (SSSR count). The van der Waals surface area contributed by atoms with Crippen LogP contribution >= 0.6 is 15.9 Å². The summed E-state index contributed by atoms with van der Waals surface area (Å²) in [5.74, 6) is -0.0110. The minimum atomic E-state index is -0.0110. The van der Waals surface area contributed by atoms with Crippen molar-refractivity contribution in [2.75, 3.05) is 5.33 Å². The summed E-state index contributed by atoms with van der Waals surface area (Å²) >= 11 is 3.37. The van der Waals surface area contributed by atoms with Crippen molar-refractivity contribution in [1.82, 2.24) is 0 Å². The summed E-state index contributed by atoms with van der Waals surface area (Å²) in [6.07, 6.45) is 9.41. The first-order chi connectivity index (χ1) is 8.24. The first kappa shape index (κ1) is 16.9. The van der Waals surface area contributed by atoms with Gasteiger partial charge < -0.3 is 4.74 Å². The van der Waals surface area contributed by atoms with Gasteiger partial charge in [0, 0.05) is 11.8 Å². The smallest absolute Gasteiger partial charge is 0.306 e. The highest BCUT2D eigenvalue weighted by atomic mass is 79.9. The molecular weight excluding hydrogens is 280 g/mol. The van der Waals surface area contributed by atoms with E-state index in [0.717, 1.165) is 43.9 Å². The molecule has 0 aliphatic heterocycles. The molecule has 0 radical (unpaired) electrons. The molecule has 0 N–H and O–H groups in total. The lowest BCUT2D eigenvalue weighted by Gasteiger charge is -2.17. The van der Waals surface area contributed by atoms with Crippen molar-refractivity contribution in [3.05, 3.63) is 0 Å². The fraction of sp³-hybridized carbons (Fsp3) is 0.929. The standard InChI is InChI=1S/C14H27BrO2/c1-3-5-9-13(10-6-4-2)17-14(16)11-7-8-12-15/h13H,3-12H2,1-2H3. The first-order valence-corrected chi connectivity index (χ1v) is 8.12. The molecule has 0 aromatic heterocycles. The maximum Gasteiger partial charge on any atom is 0.306 e. The van der Waals surface area contributed by atoms with E-state index in [-0.39, 0.29) is 12.1 Å². The van der Waals surface area contributed by atoms with Gasteiger partial charge in [-0.1, -0.05) is 55.5 Å². The number of unbranched alkanes of at least 4 members (excludes halogenated alkanes) is 3. The van der Waals surface area contributed by atoms with Crippen LogP contribution in [0, 0.1) is 0 Å². The average Bonchev–Trinajstić information content (AvgIpc) is 2.33. The van der Waals surface area contributed by atoms with Crippen molar-refractivity contribution >= 4 is 21.9 Å². The quantitative estimate of drug-likeness (QED) is 0.310. The van der Waals surface area contributed by atoms with Crippen LogP contribution in [0.4, 0.5) is 0 Å². The van der Waals surface area contributed by atoms with Crippen LogP contribution in [0.1, 0.15) is 71.6 Å². The van der Waals surface area contributed by atoms with Crippen LogP contribution in [-0.2, 0) is 9.53 Å². The first-order valence-electron chi connectivity index (χ1n) is 7.00. The predicted molar refractivity (Wildman–Crippen MR) is 76.6 cm³/mol. The summed E-state index contributed by atoms with van der Waals surface area (Å²) in [4.78, 5) is 11.6. The lowest BCUT2D eigenvalue weighted by Crippen LogP contribution is -2.18. The Kier molecular flexibility index (Phi) is 12.4. The van der Waals surface area contributed by atoms with Crippen molar-refractivity contribution in [2.24, 2.45) is 0 Å². The fourth-order valence-corrected chi connectivity index (χ4v) is 2.13. The molecule has 0 aliphatic rings. The summed E-state index contributed by atoms with van der Waals surface area (Å²) < 4.78 is 5.55. The predicted octanol–water partition coefficient (Wildman–Crippen LogP) is 4.84. The molecule has 17 heavy (non-hydrogen) atoms. The summed E-state index contributed by atoms with van der Waals surface area (Å²) in [6, 6.07) is 0. The van der Waals surface area contributed by atoms with Gasteiger partial charge in [0.1, 0.15) is 6.10 Å². The van der Waals surface area contributed by atoms with Crippen molar-refractivity contribution < 1.29 is 9.53 Å². The molecule has 0 unspecified atom stereocenters. The second-order valence-electron chi connectivity index (χ2n) is 4.54. The molecule has 0 atom stereocenters. The van der Waals surface area contributed by atoms with E-state index in [1.54, 1.807) is 0 Å². The maximum atomic E-state index is 11.6. The zero-order valence-corrected chi connectivity index (χ0v) is 12.9. The van der Waals surface area contributed by atoms with E-state index in [1.165, 1.54) is 12.8 Å². The second-order valence-corrected chi connectivity index (χ2v) is 5.34. The molecule has 102 valence electrons. The van der Waals surface area contributed by atoms with E-state index in [2.05, 4.69) is 29.8 Å². The van der Waals surface area contributed by atoms with Crippen molar-refractivity contribution in [2.45, 2.75) is 77.7 Å². The van der Waals surface area contributed by atoms with Gasteiger partial charge in [-0.3, -0.25) is 4.79 Å². The van der Waals surface area contributed by atoms with Crippen LogP contribution in [-0.4, -0.2) is 17.4 Å². The van der Waals surface area contributed by atoms with Gasteiger partial charge in [-0.2, -0.15) is 0 Å². The Balaban J connectivity index is 3.81. The Morgan fingerprint density at radius 1 is 1.06 bits per heavy atom. The Morgan fingerprint density at radius 2 is 1.65 bits per heavy atom. The van der Waals surface area contributed by atoms with E-state index in [4.69, 9.17) is 4.74 Å². The molecule has 0 aromatic rings. The zero-order chi connectivity index (χ0) is 12.9. The van der Waals surface area contributed by atoms with Gasteiger partial charge in [0.05, 0.1) is 0 Å². The molecule has 3 heteroatoms. The number of hydrogen-bond donors (Lipinski definition) is 0. The topological polar surface area (TPSA) is 26.3 Å². The Morgan fingerprint density at radius 3 is 2.12 bits per heavy atom. The fourth-order valence-electron chi connectivity index (χ4n) is 1.73. The van der Waals surface area contributed by atoms with Gasteiger partial charge in [0.2, 0.25) is 0 Å². The second kappa shape index (κ2) is 12.4. The van der Waals surface area contributed by atoms with Gasteiger partial charge in [0.25, 0.3) is 0 Å². The molecule has 2 nitrogen and oxygen atoms in total. The van der Waals surface area contributed by atoms with Crippen LogP contribution in [0.3, 0.4) is 0 Å². The highest BCUT2D eigenvalue weighted by Gasteiger charge is 2.13. The molecule has 0 heterocycles. The van der Waals surface area contributed by atoms with Crippen molar-refractivity contribution in [3.63, 3.8) is 0 Å². The van der Waals surface area contributed by atoms with Gasteiger partial charge in [-0.15, -0.1) is 0 Å². The van der Waals surface area contributed by atoms with Gasteiger partial charge in [0.15, 0.2) is 0 Å². The van der Waals surface area contributed by atoms with E-state index < -0.39 is 0 Å². The van der Waals surface area contributed by atoms with E-state index in [1.807, 2.05) is 0 Å². The third-order valence-electron chi connectivity index (χ3n) is 2.82. The molecular formula is C14H27BrO2. The summed E-state index contributed by atoms with van der Waals surface area (Å²) in [5, 5.41) is 0.968. The summed E-state index contributed by atoms with van der Waals surface area (Å²) in [6.45, 7) is 4.35. The van der Waals surface area contributed by atoms with Crippen LogP contribution in [0.25, 0.3) is 0 Å². The maximum absolute atomic E-state index is 11.6. The summed E-state index contributed by atoms with van der Waals surface area (Å²) in [7, 11) is 0. The molecule has 0 amide bonds. The highest BCUT2D eigenvalue weighted by molar-refractivity contribution is 9.09. The molecule has 0 fully saturated rings. The van der Waals surface area contributed by atoms with Gasteiger partial charge in [-0.05, 0) is 25.7 Å². The van der Waals surface area contributed by atoms with Crippen LogP contribution in [0.15, 0.2) is 0 Å². The lowest BCUT2D eigenvalue weighted by atomic mass is 10.1.